The van der Waals surface area contributed by atoms with Crippen molar-refractivity contribution in [1.82, 2.24) is 29.7 Å². The second-order valence-corrected chi connectivity index (χ2v) is 17.6. The Labute approximate surface area is 377 Å². The molecule has 0 spiro atoms. The Balaban J connectivity index is 0.000000160. The number of aromatic nitrogens is 4. The van der Waals surface area contributed by atoms with Gasteiger partial charge < -0.3 is 25.8 Å². The van der Waals surface area contributed by atoms with Crippen LogP contribution in [-0.4, -0.2) is 82.3 Å². The van der Waals surface area contributed by atoms with Crippen molar-refractivity contribution in [3.05, 3.63) is 137 Å². The topological polar surface area (TPSA) is 127 Å². The molecule has 6 heterocycles. The van der Waals surface area contributed by atoms with Crippen LogP contribution in [0.3, 0.4) is 0 Å². The fourth-order valence-corrected chi connectivity index (χ4v) is 9.72. The summed E-state index contributed by atoms with van der Waals surface area (Å²) in [6.07, 6.45) is 7.41. The minimum atomic E-state index is 0.548. The van der Waals surface area contributed by atoms with E-state index in [2.05, 4.69) is 121 Å². The zero-order valence-electron chi connectivity index (χ0n) is 35.6. The molecule has 0 radical (unpaired) electrons. The highest BCUT2D eigenvalue weighted by atomic mass is 32.1. The van der Waals surface area contributed by atoms with E-state index in [-0.39, 0.29) is 0 Å². The quantitative estimate of drug-likeness (QED) is 0.0966. The number of nitrogens with zero attached hydrogens (tertiary/aromatic N) is 6. The summed E-state index contributed by atoms with van der Waals surface area (Å²) in [5.41, 5.74) is 18.1. The highest BCUT2D eigenvalue weighted by molar-refractivity contribution is 7.18. The SMILES string of the molecule is CCc1ccccc1-c1csc2cnc(Nc3ccc(OCCN4CCCC4)cc3)nc12.NCc1ccc(-c2csc3cnc(Nc4ccc(CN5CCOCC5)cc4)nc23)cc1. The standard InChI is InChI=1S/C26H28N4OS.C24H25N5OS/c1-2-19-7-3-4-8-22(19)23-18-32-24-17-27-26(29-25(23)24)28-20-9-11-21(12-10-20)31-16-15-30-13-5-6-14-30;25-13-17-1-5-19(6-2-17)21-16-31-22-14-26-24(28-23(21)22)27-20-7-3-18(4-8-20)15-29-9-11-30-12-10-29/h3-4,7-12,17-18H,2,5-6,13-16H2,1H3,(H,27,28,29);1-8,14,16H,9-13,15,25H2,(H,26,27,28). The van der Waals surface area contributed by atoms with Crippen molar-refractivity contribution in [2.24, 2.45) is 5.73 Å². The highest BCUT2D eigenvalue weighted by Gasteiger charge is 2.15. The highest BCUT2D eigenvalue weighted by Crippen LogP contribution is 2.36. The molecule has 8 aromatic rings. The maximum Gasteiger partial charge on any atom is 0.227 e. The first-order chi connectivity index (χ1) is 31.1. The van der Waals surface area contributed by atoms with Gasteiger partial charge in [-0.2, -0.15) is 0 Å². The fourth-order valence-electron chi connectivity index (χ4n) is 7.99. The minimum Gasteiger partial charge on any atom is -0.492 e. The lowest BCUT2D eigenvalue weighted by molar-refractivity contribution is 0.0342. The predicted molar refractivity (Wildman–Crippen MR) is 260 cm³/mol. The Morgan fingerprint density at radius 3 is 1.92 bits per heavy atom. The van der Waals surface area contributed by atoms with Crippen LogP contribution in [0, 0.1) is 0 Å². The summed E-state index contributed by atoms with van der Waals surface area (Å²) in [6, 6.07) is 33.4. The van der Waals surface area contributed by atoms with E-state index in [4.69, 9.17) is 25.2 Å². The molecule has 0 aliphatic carbocycles. The third kappa shape index (κ3) is 10.7. The van der Waals surface area contributed by atoms with Crippen LogP contribution in [0.4, 0.5) is 23.3 Å². The average Bonchev–Trinajstić information content (AvgIpc) is 4.12. The van der Waals surface area contributed by atoms with Crippen LogP contribution in [0.15, 0.2) is 120 Å². The van der Waals surface area contributed by atoms with E-state index in [1.807, 2.05) is 36.7 Å². The van der Waals surface area contributed by atoms with Gasteiger partial charge in [0.2, 0.25) is 11.9 Å². The number of rotatable bonds is 14. The lowest BCUT2D eigenvalue weighted by Gasteiger charge is -2.26. The van der Waals surface area contributed by atoms with Gasteiger partial charge in [-0.05, 0) is 96.6 Å². The molecule has 322 valence electrons. The first kappa shape index (κ1) is 42.5. The molecule has 4 aromatic heterocycles. The third-order valence-corrected chi connectivity index (χ3v) is 13.3. The first-order valence-electron chi connectivity index (χ1n) is 21.8. The second kappa shape index (κ2) is 20.6. The number of anilines is 4. The largest absolute Gasteiger partial charge is 0.492 e. The van der Waals surface area contributed by atoms with Crippen LogP contribution < -0.4 is 21.1 Å². The number of thiophene rings is 2. The number of hydrogen-bond donors (Lipinski definition) is 3. The first-order valence-corrected chi connectivity index (χ1v) is 23.6. The molecule has 0 unspecified atom stereocenters. The molecule has 2 fully saturated rings. The van der Waals surface area contributed by atoms with E-state index in [0.29, 0.717) is 18.4 Å². The molecule has 0 saturated carbocycles. The Morgan fingerprint density at radius 2 is 1.27 bits per heavy atom. The Bertz CT molecular complexity index is 2710. The third-order valence-electron chi connectivity index (χ3n) is 11.5. The number of morpholine rings is 1. The van der Waals surface area contributed by atoms with Crippen LogP contribution in [0.5, 0.6) is 5.75 Å². The number of benzene rings is 4. The van der Waals surface area contributed by atoms with Crippen molar-refractivity contribution >= 4 is 66.4 Å². The van der Waals surface area contributed by atoms with E-state index >= 15 is 0 Å². The number of fused-ring (bicyclic) bond motifs is 2. The van der Waals surface area contributed by atoms with E-state index in [0.717, 1.165) is 107 Å². The smallest absolute Gasteiger partial charge is 0.227 e. The summed E-state index contributed by atoms with van der Waals surface area (Å²) in [5.74, 6) is 2.10. The van der Waals surface area contributed by atoms with Crippen molar-refractivity contribution in [1.29, 1.82) is 0 Å². The minimum absolute atomic E-state index is 0.548. The van der Waals surface area contributed by atoms with Gasteiger partial charge in [-0.15, -0.1) is 22.7 Å². The molecule has 4 aromatic carbocycles. The molecule has 2 aliphatic heterocycles. The summed E-state index contributed by atoms with van der Waals surface area (Å²) >= 11 is 3.35. The summed E-state index contributed by atoms with van der Waals surface area (Å²) < 4.78 is 13.5. The molecule has 11 nitrogen and oxygen atoms in total. The molecule has 2 saturated heterocycles. The van der Waals surface area contributed by atoms with Gasteiger partial charge in [0.15, 0.2) is 0 Å². The van der Waals surface area contributed by atoms with Crippen molar-refractivity contribution in [2.45, 2.75) is 39.3 Å². The van der Waals surface area contributed by atoms with Gasteiger partial charge in [0.1, 0.15) is 12.4 Å². The van der Waals surface area contributed by atoms with E-state index in [9.17, 15) is 0 Å². The predicted octanol–water partition coefficient (Wildman–Crippen LogP) is 10.5. The van der Waals surface area contributed by atoms with Crippen molar-refractivity contribution in [2.75, 3.05) is 63.2 Å². The zero-order valence-corrected chi connectivity index (χ0v) is 37.3. The molecule has 2 aliphatic rings. The summed E-state index contributed by atoms with van der Waals surface area (Å²) in [7, 11) is 0. The Kier molecular flexibility index (Phi) is 13.9. The summed E-state index contributed by atoms with van der Waals surface area (Å²) in [4.78, 5) is 23.6. The van der Waals surface area contributed by atoms with Crippen LogP contribution in [0.1, 0.15) is 36.5 Å². The lowest BCUT2D eigenvalue weighted by Crippen LogP contribution is -2.35. The van der Waals surface area contributed by atoms with Crippen LogP contribution >= 0.6 is 22.7 Å². The van der Waals surface area contributed by atoms with Gasteiger partial charge in [0.25, 0.3) is 0 Å². The number of hydrogen-bond acceptors (Lipinski definition) is 13. The fraction of sp³-hybridized carbons (Fsp3) is 0.280. The normalized spacial score (nSPS) is 14.4. The maximum absolute atomic E-state index is 5.91. The summed E-state index contributed by atoms with van der Waals surface area (Å²) in [6.45, 7) is 11.4. The number of nitrogens with two attached hydrogens (primary N) is 1. The number of likely N-dealkylation sites (tertiary alicyclic amines) is 1. The van der Waals surface area contributed by atoms with Crippen LogP contribution in [-0.2, 0) is 24.2 Å². The van der Waals surface area contributed by atoms with Gasteiger partial charge in [-0.1, -0.05) is 67.6 Å². The molecule has 10 rings (SSSR count). The van der Waals surface area contributed by atoms with E-state index < -0.39 is 0 Å². The van der Waals surface area contributed by atoms with Gasteiger partial charge >= 0.3 is 0 Å². The number of nitrogens with one attached hydrogen (secondary N) is 2. The molecule has 63 heavy (non-hydrogen) atoms. The van der Waals surface area contributed by atoms with Gasteiger partial charge in [0, 0.05) is 66.0 Å². The molecular weight excluding hydrogens is 823 g/mol. The van der Waals surface area contributed by atoms with Gasteiger partial charge in [-0.3, -0.25) is 9.80 Å². The Hall–Kier alpha value is -5.80. The molecule has 13 heteroatoms. The monoisotopic (exact) mass is 875 g/mol. The summed E-state index contributed by atoms with van der Waals surface area (Å²) in [5, 5.41) is 11.0. The average molecular weight is 876 g/mol. The van der Waals surface area contributed by atoms with E-state index in [1.54, 1.807) is 22.7 Å². The van der Waals surface area contributed by atoms with Crippen molar-refractivity contribution in [3.8, 4) is 28.0 Å². The molecule has 0 atom stereocenters. The number of aryl methyl sites for hydroxylation is 1. The Morgan fingerprint density at radius 1 is 0.667 bits per heavy atom. The molecule has 0 bridgehead atoms. The number of ether oxygens (including phenoxy) is 2. The molecule has 4 N–H and O–H groups in total. The van der Waals surface area contributed by atoms with Gasteiger partial charge in [-0.25, -0.2) is 19.9 Å². The van der Waals surface area contributed by atoms with Gasteiger partial charge in [0.05, 0.1) is 46.0 Å². The van der Waals surface area contributed by atoms with Crippen molar-refractivity contribution in [3.63, 3.8) is 0 Å². The van der Waals surface area contributed by atoms with Crippen molar-refractivity contribution < 1.29 is 9.47 Å². The van der Waals surface area contributed by atoms with Crippen LogP contribution in [0.2, 0.25) is 0 Å². The molecular formula is C50H53N9O2S2. The maximum atomic E-state index is 5.91. The second-order valence-electron chi connectivity index (χ2n) is 15.8. The van der Waals surface area contributed by atoms with E-state index in [1.165, 1.54) is 48.2 Å². The zero-order chi connectivity index (χ0) is 42.8. The molecule has 0 amide bonds. The van der Waals surface area contributed by atoms with Crippen LogP contribution in [0.25, 0.3) is 42.7 Å². The lowest BCUT2D eigenvalue weighted by atomic mass is 10.00.